The van der Waals surface area contributed by atoms with Crippen LogP contribution in [0.15, 0.2) is 24.3 Å². The van der Waals surface area contributed by atoms with Gasteiger partial charge < -0.3 is 14.4 Å². The average molecular weight is 376 g/mol. The summed E-state index contributed by atoms with van der Waals surface area (Å²) in [6.07, 6.45) is 14.7. The first-order valence-corrected chi connectivity index (χ1v) is 10.8. The summed E-state index contributed by atoms with van der Waals surface area (Å²) in [5.41, 5.74) is 1.92. The van der Waals surface area contributed by atoms with Crippen LogP contribution < -0.4 is 4.90 Å². The summed E-state index contributed by atoms with van der Waals surface area (Å²) in [6.45, 7) is 2.79. The summed E-state index contributed by atoms with van der Waals surface area (Å²) in [5, 5.41) is 0. The molecule has 1 aliphatic rings. The Morgan fingerprint density at radius 2 is 1.67 bits per heavy atom. The molecule has 0 amide bonds. The quantitative estimate of drug-likeness (QED) is 0.313. The van der Waals surface area contributed by atoms with Crippen molar-refractivity contribution in [2.75, 3.05) is 31.7 Å². The number of carbonyl (C=O) groups is 1. The third kappa shape index (κ3) is 9.39. The van der Waals surface area contributed by atoms with Gasteiger partial charge in [-0.2, -0.15) is 0 Å². The number of aldehydes is 1. The van der Waals surface area contributed by atoms with Crippen LogP contribution in [-0.2, 0) is 9.47 Å². The van der Waals surface area contributed by atoms with Crippen LogP contribution in [0.3, 0.4) is 0 Å². The van der Waals surface area contributed by atoms with Crippen molar-refractivity contribution < 1.29 is 14.3 Å². The van der Waals surface area contributed by atoms with Gasteiger partial charge in [-0.3, -0.25) is 4.79 Å². The highest BCUT2D eigenvalue weighted by atomic mass is 16.7. The molecule has 4 heteroatoms. The van der Waals surface area contributed by atoms with Gasteiger partial charge in [-0.15, -0.1) is 0 Å². The zero-order valence-corrected chi connectivity index (χ0v) is 17.0. The summed E-state index contributed by atoms with van der Waals surface area (Å²) in [4.78, 5) is 13.0. The number of unbranched alkanes of at least 4 members (excludes halogenated alkanes) is 7. The fraction of sp³-hybridized carbons (Fsp3) is 0.696. The molecule has 0 N–H and O–H groups in total. The van der Waals surface area contributed by atoms with Gasteiger partial charge in [-0.25, -0.2) is 0 Å². The molecule has 1 aromatic rings. The Kier molecular flexibility index (Phi) is 11.1. The maximum atomic E-state index is 10.7. The molecule has 0 saturated carbocycles. The minimum atomic E-state index is 0.0693. The Morgan fingerprint density at radius 3 is 2.30 bits per heavy atom. The number of hydrogen-bond donors (Lipinski definition) is 0. The van der Waals surface area contributed by atoms with E-state index >= 15 is 0 Å². The van der Waals surface area contributed by atoms with Gasteiger partial charge >= 0.3 is 0 Å². The maximum absolute atomic E-state index is 10.7. The molecule has 1 unspecified atom stereocenters. The van der Waals surface area contributed by atoms with Gasteiger partial charge in [0, 0.05) is 38.1 Å². The molecule has 27 heavy (non-hydrogen) atoms. The van der Waals surface area contributed by atoms with Crippen molar-refractivity contribution in [3.63, 3.8) is 0 Å². The Morgan fingerprint density at radius 1 is 1.00 bits per heavy atom. The Bertz CT molecular complexity index is 497. The first kappa shape index (κ1) is 21.9. The van der Waals surface area contributed by atoms with Crippen molar-refractivity contribution >= 4 is 12.0 Å². The molecule has 1 atom stereocenters. The fourth-order valence-corrected chi connectivity index (χ4v) is 3.51. The number of nitrogens with zero attached hydrogens (tertiary/aromatic N) is 1. The number of carbonyl (C=O) groups excluding carboxylic acids is 1. The summed E-state index contributed by atoms with van der Waals surface area (Å²) < 4.78 is 11.3. The lowest BCUT2D eigenvalue weighted by Crippen LogP contribution is -2.22. The van der Waals surface area contributed by atoms with E-state index in [4.69, 9.17) is 9.47 Å². The number of hydrogen-bond acceptors (Lipinski definition) is 4. The molecule has 2 rings (SSSR count). The minimum Gasteiger partial charge on any atom is -0.375 e. The lowest BCUT2D eigenvalue weighted by molar-refractivity contribution is -0.162. The molecule has 1 saturated heterocycles. The van der Waals surface area contributed by atoms with E-state index in [1.54, 1.807) is 0 Å². The molecule has 0 bridgehead atoms. The van der Waals surface area contributed by atoms with Gasteiger partial charge in [0.15, 0.2) is 6.29 Å². The molecule has 0 spiro atoms. The van der Waals surface area contributed by atoms with Crippen LogP contribution in [0.4, 0.5) is 5.69 Å². The Hall–Kier alpha value is -1.39. The number of rotatable bonds is 14. The third-order valence-electron chi connectivity index (χ3n) is 5.30. The van der Waals surface area contributed by atoms with Crippen molar-refractivity contribution in [2.45, 2.75) is 76.9 Å². The highest BCUT2D eigenvalue weighted by Gasteiger charge is 2.13. The molecule has 0 radical (unpaired) electrons. The Labute approximate surface area is 165 Å². The van der Waals surface area contributed by atoms with Crippen LogP contribution >= 0.6 is 0 Å². The minimum absolute atomic E-state index is 0.0693. The predicted molar refractivity (Wildman–Crippen MR) is 112 cm³/mol. The molecular formula is C23H37NO3. The lowest BCUT2D eigenvalue weighted by atomic mass is 10.1. The standard InChI is InChI=1S/C23H37NO3/c1-24(22-15-13-21(20-25)14-16-22)17-9-6-4-2-3-5-7-10-18-26-23-12-8-11-19-27-23/h13-16,20,23H,2-12,17-19H2,1H3. The van der Waals surface area contributed by atoms with Crippen molar-refractivity contribution in [2.24, 2.45) is 0 Å². The van der Waals surface area contributed by atoms with Gasteiger partial charge in [0.1, 0.15) is 6.29 Å². The monoisotopic (exact) mass is 375 g/mol. The normalized spacial score (nSPS) is 17.0. The molecule has 4 nitrogen and oxygen atoms in total. The summed E-state index contributed by atoms with van der Waals surface area (Å²) in [5.74, 6) is 0. The lowest BCUT2D eigenvalue weighted by Gasteiger charge is -2.22. The van der Waals surface area contributed by atoms with Gasteiger partial charge in [0.2, 0.25) is 0 Å². The molecule has 0 aliphatic carbocycles. The van der Waals surface area contributed by atoms with Crippen LogP contribution in [0.2, 0.25) is 0 Å². The first-order chi connectivity index (χ1) is 13.3. The van der Waals surface area contributed by atoms with E-state index in [-0.39, 0.29) is 6.29 Å². The van der Waals surface area contributed by atoms with E-state index in [1.807, 2.05) is 24.3 Å². The highest BCUT2D eigenvalue weighted by Crippen LogP contribution is 2.16. The van der Waals surface area contributed by atoms with Crippen LogP contribution in [0.25, 0.3) is 0 Å². The van der Waals surface area contributed by atoms with E-state index in [1.165, 1.54) is 63.5 Å². The molecule has 1 heterocycles. The van der Waals surface area contributed by atoms with Crippen molar-refractivity contribution in [1.82, 2.24) is 0 Å². The second-order valence-corrected chi connectivity index (χ2v) is 7.63. The van der Waals surface area contributed by atoms with Crippen LogP contribution in [0.1, 0.15) is 81.0 Å². The largest absolute Gasteiger partial charge is 0.375 e. The average Bonchev–Trinajstić information content (AvgIpc) is 2.72. The topological polar surface area (TPSA) is 38.8 Å². The van der Waals surface area contributed by atoms with E-state index in [2.05, 4.69) is 11.9 Å². The first-order valence-electron chi connectivity index (χ1n) is 10.8. The van der Waals surface area contributed by atoms with E-state index in [0.29, 0.717) is 0 Å². The summed E-state index contributed by atoms with van der Waals surface area (Å²) >= 11 is 0. The maximum Gasteiger partial charge on any atom is 0.157 e. The number of ether oxygens (including phenoxy) is 2. The van der Waals surface area contributed by atoms with Gasteiger partial charge in [0.25, 0.3) is 0 Å². The molecule has 1 aliphatic heterocycles. The zero-order valence-electron chi connectivity index (χ0n) is 17.0. The zero-order chi connectivity index (χ0) is 19.2. The van der Waals surface area contributed by atoms with Gasteiger partial charge in [-0.1, -0.05) is 38.5 Å². The van der Waals surface area contributed by atoms with E-state index < -0.39 is 0 Å². The SMILES string of the molecule is CN(CCCCCCCCCCOC1CCCCO1)c1ccc(C=O)cc1. The number of benzene rings is 1. The highest BCUT2D eigenvalue weighted by molar-refractivity contribution is 5.75. The van der Waals surface area contributed by atoms with E-state index in [0.717, 1.165) is 44.4 Å². The molecule has 1 aromatic carbocycles. The van der Waals surface area contributed by atoms with Gasteiger partial charge in [-0.05, 0) is 56.4 Å². The van der Waals surface area contributed by atoms with E-state index in [9.17, 15) is 4.79 Å². The second kappa shape index (κ2) is 13.7. The van der Waals surface area contributed by atoms with Crippen molar-refractivity contribution in [3.05, 3.63) is 29.8 Å². The van der Waals surface area contributed by atoms with Crippen molar-refractivity contribution in [1.29, 1.82) is 0 Å². The fourth-order valence-electron chi connectivity index (χ4n) is 3.51. The summed E-state index contributed by atoms with van der Waals surface area (Å²) in [6, 6.07) is 7.81. The second-order valence-electron chi connectivity index (χ2n) is 7.63. The van der Waals surface area contributed by atoms with Crippen LogP contribution in [0.5, 0.6) is 0 Å². The Balaban J connectivity index is 1.37. The molecule has 0 aromatic heterocycles. The van der Waals surface area contributed by atoms with Crippen LogP contribution in [0, 0.1) is 0 Å². The number of anilines is 1. The molecule has 1 fully saturated rings. The third-order valence-corrected chi connectivity index (χ3v) is 5.30. The van der Waals surface area contributed by atoms with Crippen molar-refractivity contribution in [3.8, 4) is 0 Å². The predicted octanol–water partition coefficient (Wildman–Crippen LogP) is 5.60. The molecule has 152 valence electrons. The van der Waals surface area contributed by atoms with Gasteiger partial charge in [0.05, 0.1) is 0 Å². The summed E-state index contributed by atoms with van der Waals surface area (Å²) in [7, 11) is 2.12. The smallest absolute Gasteiger partial charge is 0.157 e. The molecular weight excluding hydrogens is 338 g/mol. The van der Waals surface area contributed by atoms with Crippen LogP contribution in [-0.4, -0.2) is 39.4 Å².